The largest absolute Gasteiger partial charge is 0.480 e. The van der Waals surface area contributed by atoms with Crippen LogP contribution in [-0.4, -0.2) is 36.4 Å². The molecule has 0 aliphatic carbocycles. The number of hydrogen-bond donors (Lipinski definition) is 2. The highest BCUT2D eigenvalue weighted by molar-refractivity contribution is 5.73. The van der Waals surface area contributed by atoms with Crippen molar-refractivity contribution in [3.8, 4) is 0 Å². The summed E-state index contributed by atoms with van der Waals surface area (Å²) >= 11 is 0. The number of morpholine rings is 1. The maximum Gasteiger partial charge on any atom is 0.323 e. The number of nitrogens with one attached hydrogen (secondary N) is 1. The van der Waals surface area contributed by atoms with E-state index in [9.17, 15) is 4.79 Å². The highest BCUT2D eigenvalue weighted by Crippen LogP contribution is 1.98. The number of carboxylic acid groups (broad SMARTS) is 1. The zero-order chi connectivity index (χ0) is 7.56. The van der Waals surface area contributed by atoms with Gasteiger partial charge in [-0.2, -0.15) is 0 Å². The molecule has 0 unspecified atom stereocenters. The highest BCUT2D eigenvalue weighted by atomic mass is 16.5. The zero-order valence-corrected chi connectivity index (χ0v) is 5.83. The zero-order valence-electron chi connectivity index (χ0n) is 5.83. The number of carboxylic acids is 1. The Morgan fingerprint density at radius 2 is 2.40 bits per heavy atom. The maximum absolute atomic E-state index is 10.4. The summed E-state index contributed by atoms with van der Waals surface area (Å²) in [5.74, 6) is -0.841. The molecule has 0 amide bonds. The standard InChI is InChI=1S/C6H11NO3/c1-4-2-10-3-5(7-4)6(8)9/h4-5,7H,2-3H2,1H3,(H,8,9)/t4-,5-/m1/s1. The van der Waals surface area contributed by atoms with Crippen LogP contribution >= 0.6 is 0 Å². The fraction of sp³-hybridized carbons (Fsp3) is 0.833. The van der Waals surface area contributed by atoms with Gasteiger partial charge >= 0.3 is 5.97 Å². The van der Waals surface area contributed by atoms with Crippen molar-refractivity contribution in [3.63, 3.8) is 0 Å². The lowest BCUT2D eigenvalue weighted by molar-refractivity contribution is -0.143. The van der Waals surface area contributed by atoms with Crippen LogP contribution < -0.4 is 5.32 Å². The van der Waals surface area contributed by atoms with E-state index in [1.807, 2.05) is 6.92 Å². The van der Waals surface area contributed by atoms with Gasteiger partial charge in [0.15, 0.2) is 0 Å². The summed E-state index contributed by atoms with van der Waals surface area (Å²) in [5.41, 5.74) is 0. The minimum Gasteiger partial charge on any atom is -0.480 e. The van der Waals surface area contributed by atoms with Crippen molar-refractivity contribution in [3.05, 3.63) is 0 Å². The van der Waals surface area contributed by atoms with E-state index in [1.165, 1.54) is 0 Å². The van der Waals surface area contributed by atoms with Crippen LogP contribution in [0.15, 0.2) is 0 Å². The van der Waals surface area contributed by atoms with E-state index in [2.05, 4.69) is 5.32 Å². The van der Waals surface area contributed by atoms with Gasteiger partial charge in [-0.25, -0.2) is 0 Å². The van der Waals surface area contributed by atoms with Crippen LogP contribution in [0.2, 0.25) is 0 Å². The smallest absolute Gasteiger partial charge is 0.323 e. The summed E-state index contributed by atoms with van der Waals surface area (Å²) in [6.45, 7) is 2.78. The molecule has 58 valence electrons. The highest BCUT2D eigenvalue weighted by Gasteiger charge is 2.23. The Labute approximate surface area is 59.2 Å². The van der Waals surface area contributed by atoms with Crippen molar-refractivity contribution in [1.29, 1.82) is 0 Å². The number of ether oxygens (including phenoxy) is 1. The molecule has 0 radical (unpaired) electrons. The van der Waals surface area contributed by atoms with Crippen LogP contribution in [-0.2, 0) is 9.53 Å². The maximum atomic E-state index is 10.4. The van der Waals surface area contributed by atoms with Crippen LogP contribution in [0.1, 0.15) is 6.92 Å². The van der Waals surface area contributed by atoms with E-state index in [0.717, 1.165) is 0 Å². The SMILES string of the molecule is C[C@@H]1COC[C@H](C(=O)O)N1. The summed E-state index contributed by atoms with van der Waals surface area (Å²) < 4.78 is 5.01. The van der Waals surface area contributed by atoms with Crippen molar-refractivity contribution < 1.29 is 14.6 Å². The third-order valence-electron chi connectivity index (χ3n) is 1.44. The Morgan fingerprint density at radius 3 is 2.80 bits per heavy atom. The predicted molar refractivity (Wildman–Crippen MR) is 34.8 cm³/mol. The molecular formula is C6H11NO3. The van der Waals surface area contributed by atoms with E-state index in [4.69, 9.17) is 9.84 Å². The van der Waals surface area contributed by atoms with Crippen molar-refractivity contribution >= 4 is 5.97 Å². The van der Waals surface area contributed by atoms with Crippen molar-refractivity contribution in [2.45, 2.75) is 19.0 Å². The minimum absolute atomic E-state index is 0.148. The Bertz CT molecular complexity index is 137. The summed E-state index contributed by atoms with van der Waals surface area (Å²) in [6.07, 6.45) is 0. The first kappa shape index (κ1) is 7.50. The fourth-order valence-corrected chi connectivity index (χ4v) is 0.945. The first-order valence-corrected chi connectivity index (χ1v) is 3.26. The number of rotatable bonds is 1. The van der Waals surface area contributed by atoms with Crippen LogP contribution in [0.5, 0.6) is 0 Å². The van der Waals surface area contributed by atoms with Gasteiger partial charge < -0.3 is 9.84 Å². The van der Waals surface area contributed by atoms with Crippen LogP contribution in [0, 0.1) is 0 Å². The number of hydrogen-bond acceptors (Lipinski definition) is 3. The molecule has 0 aromatic rings. The van der Waals surface area contributed by atoms with E-state index >= 15 is 0 Å². The second kappa shape index (κ2) is 2.98. The van der Waals surface area contributed by atoms with Gasteiger partial charge in [0.25, 0.3) is 0 Å². The second-order valence-electron chi connectivity index (χ2n) is 2.50. The van der Waals surface area contributed by atoms with Gasteiger partial charge in [0.2, 0.25) is 0 Å². The molecule has 1 saturated heterocycles. The molecule has 2 N–H and O–H groups in total. The molecule has 1 aliphatic heterocycles. The first-order chi connectivity index (χ1) is 4.70. The predicted octanol–water partition coefficient (Wildman–Crippen LogP) is -0.552. The fourth-order valence-electron chi connectivity index (χ4n) is 0.945. The molecule has 1 fully saturated rings. The Hall–Kier alpha value is -0.610. The van der Waals surface area contributed by atoms with Gasteiger partial charge in [0, 0.05) is 6.04 Å². The third-order valence-corrected chi connectivity index (χ3v) is 1.44. The van der Waals surface area contributed by atoms with Crippen molar-refractivity contribution in [2.24, 2.45) is 0 Å². The molecule has 0 aromatic heterocycles. The van der Waals surface area contributed by atoms with Crippen LogP contribution in [0.25, 0.3) is 0 Å². The summed E-state index contributed by atoms with van der Waals surface area (Å²) in [6, 6.07) is -0.376. The van der Waals surface area contributed by atoms with E-state index in [-0.39, 0.29) is 12.6 Å². The minimum atomic E-state index is -0.841. The summed E-state index contributed by atoms with van der Waals surface area (Å²) in [7, 11) is 0. The molecule has 0 aromatic carbocycles. The Morgan fingerprint density at radius 1 is 1.70 bits per heavy atom. The Balaban J connectivity index is 2.39. The first-order valence-electron chi connectivity index (χ1n) is 3.26. The van der Waals surface area contributed by atoms with Crippen LogP contribution in [0.3, 0.4) is 0 Å². The van der Waals surface area contributed by atoms with E-state index in [1.54, 1.807) is 0 Å². The molecule has 1 heterocycles. The summed E-state index contributed by atoms with van der Waals surface area (Å²) in [5, 5.41) is 11.4. The van der Waals surface area contributed by atoms with Gasteiger partial charge in [-0.1, -0.05) is 0 Å². The number of aliphatic carboxylic acids is 1. The van der Waals surface area contributed by atoms with Gasteiger partial charge in [-0.05, 0) is 6.92 Å². The van der Waals surface area contributed by atoms with E-state index in [0.29, 0.717) is 6.61 Å². The monoisotopic (exact) mass is 145 g/mol. The lowest BCUT2D eigenvalue weighted by Gasteiger charge is -2.25. The Kier molecular flexibility index (Phi) is 2.24. The molecule has 0 saturated carbocycles. The van der Waals surface area contributed by atoms with Crippen LogP contribution in [0.4, 0.5) is 0 Å². The van der Waals surface area contributed by atoms with Gasteiger partial charge in [-0.15, -0.1) is 0 Å². The molecule has 0 spiro atoms. The average Bonchev–Trinajstić information content (AvgIpc) is 1.88. The van der Waals surface area contributed by atoms with Gasteiger partial charge in [-0.3, -0.25) is 10.1 Å². The quantitative estimate of drug-likeness (QED) is 0.519. The molecule has 2 atom stereocenters. The lowest BCUT2D eigenvalue weighted by Crippen LogP contribution is -2.51. The van der Waals surface area contributed by atoms with Gasteiger partial charge in [0.05, 0.1) is 13.2 Å². The molecular weight excluding hydrogens is 134 g/mol. The molecule has 1 aliphatic rings. The van der Waals surface area contributed by atoms with E-state index < -0.39 is 12.0 Å². The number of carbonyl (C=O) groups is 1. The molecule has 4 nitrogen and oxygen atoms in total. The normalized spacial score (nSPS) is 33.7. The second-order valence-corrected chi connectivity index (χ2v) is 2.50. The topological polar surface area (TPSA) is 58.6 Å². The third kappa shape index (κ3) is 1.68. The summed E-state index contributed by atoms with van der Waals surface area (Å²) in [4.78, 5) is 10.4. The average molecular weight is 145 g/mol. The lowest BCUT2D eigenvalue weighted by atomic mass is 10.2. The molecule has 1 rings (SSSR count). The van der Waals surface area contributed by atoms with Crippen molar-refractivity contribution in [1.82, 2.24) is 5.32 Å². The van der Waals surface area contributed by atoms with Gasteiger partial charge in [0.1, 0.15) is 6.04 Å². The van der Waals surface area contributed by atoms with Crippen molar-refractivity contribution in [2.75, 3.05) is 13.2 Å². The molecule has 4 heteroatoms. The molecule has 10 heavy (non-hydrogen) atoms. The molecule has 0 bridgehead atoms.